The number of hydrogen-bond acceptors (Lipinski definition) is 4. The number of carbonyl (C=O) groups excluding carboxylic acids is 1. The summed E-state index contributed by atoms with van der Waals surface area (Å²) >= 11 is 1.43. The van der Waals surface area contributed by atoms with Crippen LogP contribution in [0.1, 0.15) is 12.0 Å². The van der Waals surface area contributed by atoms with E-state index in [9.17, 15) is 9.18 Å². The Labute approximate surface area is 184 Å². The van der Waals surface area contributed by atoms with Gasteiger partial charge in [-0.1, -0.05) is 72.4 Å². The molecule has 4 aromatic rings. The van der Waals surface area contributed by atoms with Crippen LogP contribution < -0.4 is 5.32 Å². The van der Waals surface area contributed by atoms with Crippen LogP contribution in [0.5, 0.6) is 0 Å². The van der Waals surface area contributed by atoms with E-state index in [4.69, 9.17) is 0 Å². The molecule has 0 aliphatic rings. The lowest BCUT2D eigenvalue weighted by molar-refractivity contribution is -0.115. The second kappa shape index (κ2) is 10.0. The fraction of sp³-hybridized carbons (Fsp3) is 0.125. The highest BCUT2D eigenvalue weighted by Crippen LogP contribution is 2.27. The number of amides is 1. The van der Waals surface area contributed by atoms with E-state index < -0.39 is 0 Å². The van der Waals surface area contributed by atoms with E-state index in [2.05, 4.69) is 15.5 Å². The minimum atomic E-state index is -0.344. The predicted molar refractivity (Wildman–Crippen MR) is 121 cm³/mol. The van der Waals surface area contributed by atoms with Crippen molar-refractivity contribution in [2.24, 2.45) is 0 Å². The van der Waals surface area contributed by atoms with Gasteiger partial charge in [0, 0.05) is 17.9 Å². The molecular weight excluding hydrogens is 411 g/mol. The number of thioether (sulfide) groups is 1. The highest BCUT2D eigenvalue weighted by atomic mass is 32.2. The normalized spacial score (nSPS) is 10.7. The summed E-state index contributed by atoms with van der Waals surface area (Å²) in [5.74, 6) is 0.589. The van der Waals surface area contributed by atoms with E-state index in [0.717, 1.165) is 11.3 Å². The second-order valence-electron chi connectivity index (χ2n) is 6.87. The maximum atomic E-state index is 14.4. The van der Waals surface area contributed by atoms with Crippen LogP contribution in [0.25, 0.3) is 11.4 Å². The molecule has 1 heterocycles. The van der Waals surface area contributed by atoms with Gasteiger partial charge in [-0.2, -0.15) is 0 Å². The first kappa shape index (κ1) is 20.8. The predicted octanol–water partition coefficient (Wildman–Crippen LogP) is 5.25. The van der Waals surface area contributed by atoms with Crippen LogP contribution in [-0.4, -0.2) is 26.4 Å². The molecule has 156 valence electrons. The lowest BCUT2D eigenvalue weighted by Gasteiger charge is -2.11. The Morgan fingerprint density at radius 2 is 1.58 bits per heavy atom. The molecule has 31 heavy (non-hydrogen) atoms. The van der Waals surface area contributed by atoms with Crippen molar-refractivity contribution in [3.05, 3.63) is 96.3 Å². The van der Waals surface area contributed by atoms with E-state index >= 15 is 0 Å². The van der Waals surface area contributed by atoms with Gasteiger partial charge in [0.1, 0.15) is 5.82 Å². The van der Waals surface area contributed by atoms with Gasteiger partial charge in [0.2, 0.25) is 5.91 Å². The first-order valence-corrected chi connectivity index (χ1v) is 10.9. The minimum absolute atomic E-state index is 0.0675. The molecule has 1 N–H and O–H groups in total. The maximum Gasteiger partial charge on any atom is 0.225 e. The second-order valence-corrected chi connectivity index (χ2v) is 7.93. The Hall–Kier alpha value is -3.45. The summed E-state index contributed by atoms with van der Waals surface area (Å²) < 4.78 is 16.3. The Kier molecular flexibility index (Phi) is 6.74. The maximum absolute atomic E-state index is 14.4. The average molecular weight is 433 g/mol. The minimum Gasteiger partial charge on any atom is -0.326 e. The van der Waals surface area contributed by atoms with Crippen LogP contribution in [0, 0.1) is 5.82 Å². The molecule has 0 atom stereocenters. The monoisotopic (exact) mass is 432 g/mol. The molecule has 0 aliphatic carbocycles. The number of aromatic nitrogens is 3. The number of hydrogen-bond donors (Lipinski definition) is 1. The van der Waals surface area contributed by atoms with Crippen LogP contribution in [0.15, 0.2) is 90.1 Å². The van der Waals surface area contributed by atoms with Crippen LogP contribution in [-0.2, 0) is 11.3 Å². The summed E-state index contributed by atoms with van der Waals surface area (Å²) in [5, 5.41) is 12.1. The summed E-state index contributed by atoms with van der Waals surface area (Å²) in [6.07, 6.45) is 0.326. The molecule has 0 unspecified atom stereocenters. The zero-order valence-corrected chi connectivity index (χ0v) is 17.6. The molecule has 0 fully saturated rings. The van der Waals surface area contributed by atoms with Crippen molar-refractivity contribution in [1.29, 1.82) is 0 Å². The molecule has 0 aliphatic heterocycles. The van der Waals surface area contributed by atoms with E-state index in [1.54, 1.807) is 18.2 Å². The smallest absolute Gasteiger partial charge is 0.225 e. The lowest BCUT2D eigenvalue weighted by atomic mass is 10.2. The topological polar surface area (TPSA) is 59.8 Å². The van der Waals surface area contributed by atoms with Crippen molar-refractivity contribution in [3.8, 4) is 11.4 Å². The summed E-state index contributed by atoms with van der Waals surface area (Å²) in [4.78, 5) is 12.2. The summed E-state index contributed by atoms with van der Waals surface area (Å²) in [7, 11) is 0. The Morgan fingerprint density at radius 1 is 0.903 bits per heavy atom. The summed E-state index contributed by atoms with van der Waals surface area (Å²) in [6.45, 7) is 0.510. The molecule has 0 bridgehead atoms. The average Bonchev–Trinajstić information content (AvgIpc) is 3.17. The fourth-order valence-electron chi connectivity index (χ4n) is 3.13. The number of para-hydroxylation sites is 1. The lowest BCUT2D eigenvalue weighted by Crippen LogP contribution is -2.12. The van der Waals surface area contributed by atoms with Gasteiger partial charge in [0.15, 0.2) is 11.0 Å². The molecule has 0 radical (unpaired) electrons. The molecule has 0 saturated heterocycles. The zero-order chi connectivity index (χ0) is 21.5. The Bertz CT molecular complexity index is 1150. The SMILES string of the molecule is O=C(CCSc1nnc(-c2ccccc2F)n1Cc1ccccc1)Nc1ccccc1. The molecular formula is C24H21FN4OS. The van der Waals surface area contributed by atoms with E-state index in [0.29, 0.717) is 35.3 Å². The summed E-state index contributed by atoms with van der Waals surface area (Å²) in [6, 6.07) is 25.8. The molecule has 0 saturated carbocycles. The van der Waals surface area contributed by atoms with Crippen molar-refractivity contribution >= 4 is 23.4 Å². The van der Waals surface area contributed by atoms with Gasteiger partial charge in [-0.05, 0) is 29.8 Å². The third-order valence-electron chi connectivity index (χ3n) is 4.63. The number of rotatable bonds is 8. The summed E-state index contributed by atoms with van der Waals surface area (Å²) in [5.41, 5.74) is 2.23. The van der Waals surface area contributed by atoms with Crippen LogP contribution >= 0.6 is 11.8 Å². The third kappa shape index (κ3) is 5.38. The van der Waals surface area contributed by atoms with Gasteiger partial charge in [0.05, 0.1) is 12.1 Å². The Morgan fingerprint density at radius 3 is 2.32 bits per heavy atom. The molecule has 5 nitrogen and oxygen atoms in total. The van der Waals surface area contributed by atoms with E-state index in [1.807, 2.05) is 65.2 Å². The highest BCUT2D eigenvalue weighted by molar-refractivity contribution is 7.99. The van der Waals surface area contributed by atoms with Crippen LogP contribution in [0.2, 0.25) is 0 Å². The molecule has 7 heteroatoms. The van der Waals surface area contributed by atoms with Gasteiger partial charge in [0.25, 0.3) is 0 Å². The molecule has 1 aromatic heterocycles. The van der Waals surface area contributed by atoms with Gasteiger partial charge in [-0.15, -0.1) is 10.2 Å². The van der Waals surface area contributed by atoms with E-state index in [1.165, 1.54) is 17.8 Å². The van der Waals surface area contributed by atoms with Gasteiger partial charge in [-0.25, -0.2) is 4.39 Å². The fourth-order valence-corrected chi connectivity index (χ4v) is 4.00. The number of nitrogens with zero attached hydrogens (tertiary/aromatic N) is 3. The number of benzene rings is 3. The number of halogens is 1. The molecule has 4 rings (SSSR count). The van der Waals surface area contributed by atoms with Crippen molar-refractivity contribution in [2.45, 2.75) is 18.1 Å². The van der Waals surface area contributed by atoms with Crippen molar-refractivity contribution < 1.29 is 9.18 Å². The molecule has 0 spiro atoms. The van der Waals surface area contributed by atoms with E-state index in [-0.39, 0.29) is 11.7 Å². The number of carbonyl (C=O) groups is 1. The van der Waals surface area contributed by atoms with Crippen molar-refractivity contribution in [1.82, 2.24) is 14.8 Å². The standard InChI is InChI=1S/C24H21FN4OS/c25-21-14-8-7-13-20(21)23-27-28-24(29(23)17-18-9-3-1-4-10-18)31-16-15-22(30)26-19-11-5-2-6-12-19/h1-14H,15-17H2,(H,26,30). The quantitative estimate of drug-likeness (QED) is 0.386. The molecule has 3 aromatic carbocycles. The van der Waals surface area contributed by atoms with Crippen LogP contribution in [0.3, 0.4) is 0 Å². The largest absolute Gasteiger partial charge is 0.326 e. The highest BCUT2D eigenvalue weighted by Gasteiger charge is 2.17. The first-order chi connectivity index (χ1) is 15.2. The van der Waals surface area contributed by atoms with Gasteiger partial charge >= 0.3 is 0 Å². The number of nitrogens with one attached hydrogen (secondary N) is 1. The van der Waals surface area contributed by atoms with Gasteiger partial charge in [-0.3, -0.25) is 9.36 Å². The van der Waals surface area contributed by atoms with Gasteiger partial charge < -0.3 is 5.32 Å². The van der Waals surface area contributed by atoms with Crippen molar-refractivity contribution in [3.63, 3.8) is 0 Å². The third-order valence-corrected chi connectivity index (χ3v) is 5.60. The van der Waals surface area contributed by atoms with Crippen molar-refractivity contribution in [2.75, 3.05) is 11.1 Å². The number of anilines is 1. The zero-order valence-electron chi connectivity index (χ0n) is 16.7. The first-order valence-electron chi connectivity index (χ1n) is 9.90. The Balaban J connectivity index is 1.50. The van der Waals surface area contributed by atoms with Crippen LogP contribution in [0.4, 0.5) is 10.1 Å². The molecule has 1 amide bonds.